The van der Waals surface area contributed by atoms with Crippen LogP contribution in [0.15, 0.2) is 12.1 Å². The highest BCUT2D eigenvalue weighted by molar-refractivity contribution is 5.51. The van der Waals surface area contributed by atoms with Crippen LogP contribution >= 0.6 is 0 Å². The fraction of sp³-hybridized carbons (Fsp3) is 0.615. The van der Waals surface area contributed by atoms with Gasteiger partial charge in [0.1, 0.15) is 11.6 Å². The Kier molecular flexibility index (Phi) is 5.21. The molecule has 1 rings (SSSR count). The SMILES string of the molecule is CC(C)CC(C)N(C)c1cc(C(F)(F)F)cc(NN)n1. The lowest BCUT2D eigenvalue weighted by atomic mass is 10.0. The third kappa shape index (κ3) is 4.26. The highest BCUT2D eigenvalue weighted by atomic mass is 19.4. The van der Waals surface area contributed by atoms with Gasteiger partial charge in [0, 0.05) is 13.1 Å². The van der Waals surface area contributed by atoms with E-state index in [9.17, 15) is 13.2 Å². The number of alkyl halides is 3. The lowest BCUT2D eigenvalue weighted by molar-refractivity contribution is -0.137. The number of aromatic nitrogens is 1. The van der Waals surface area contributed by atoms with Gasteiger partial charge in [0.15, 0.2) is 0 Å². The van der Waals surface area contributed by atoms with Crippen molar-refractivity contribution in [3.8, 4) is 0 Å². The second-order valence-electron chi connectivity index (χ2n) is 5.33. The molecule has 0 saturated heterocycles. The molecular formula is C13H21F3N4. The molecule has 1 aromatic rings. The average Bonchev–Trinajstić information content (AvgIpc) is 2.35. The molecular weight excluding hydrogens is 269 g/mol. The molecule has 0 aliphatic carbocycles. The van der Waals surface area contributed by atoms with E-state index in [1.807, 2.05) is 6.92 Å². The summed E-state index contributed by atoms with van der Waals surface area (Å²) in [7, 11) is 1.73. The number of anilines is 2. The third-order valence-corrected chi connectivity index (χ3v) is 3.12. The van der Waals surface area contributed by atoms with E-state index in [2.05, 4.69) is 24.3 Å². The van der Waals surface area contributed by atoms with E-state index in [-0.39, 0.29) is 17.7 Å². The molecule has 0 spiro atoms. The molecule has 0 aliphatic rings. The fourth-order valence-corrected chi connectivity index (χ4v) is 2.00. The summed E-state index contributed by atoms with van der Waals surface area (Å²) in [5.41, 5.74) is 1.41. The van der Waals surface area contributed by atoms with E-state index in [0.717, 1.165) is 18.6 Å². The van der Waals surface area contributed by atoms with Gasteiger partial charge in [0.2, 0.25) is 0 Å². The molecule has 4 nitrogen and oxygen atoms in total. The number of nitrogens with two attached hydrogens (primary N) is 1. The van der Waals surface area contributed by atoms with Crippen molar-refractivity contribution in [3.05, 3.63) is 17.7 Å². The smallest absolute Gasteiger partial charge is 0.357 e. The van der Waals surface area contributed by atoms with Crippen LogP contribution in [-0.2, 0) is 6.18 Å². The summed E-state index contributed by atoms with van der Waals surface area (Å²) < 4.78 is 38.5. The van der Waals surface area contributed by atoms with Crippen LogP contribution in [0.3, 0.4) is 0 Å². The van der Waals surface area contributed by atoms with Crippen LogP contribution in [0.25, 0.3) is 0 Å². The maximum Gasteiger partial charge on any atom is 0.416 e. The van der Waals surface area contributed by atoms with E-state index in [1.165, 1.54) is 0 Å². The molecule has 0 fully saturated rings. The number of rotatable bonds is 5. The summed E-state index contributed by atoms with van der Waals surface area (Å²) in [6.45, 7) is 6.09. The van der Waals surface area contributed by atoms with Gasteiger partial charge in [-0.15, -0.1) is 0 Å². The first-order valence-corrected chi connectivity index (χ1v) is 6.44. The summed E-state index contributed by atoms with van der Waals surface area (Å²) in [4.78, 5) is 5.82. The first kappa shape index (κ1) is 16.6. The van der Waals surface area contributed by atoms with Crippen LogP contribution in [0.4, 0.5) is 24.8 Å². The lowest BCUT2D eigenvalue weighted by Gasteiger charge is -2.28. The average molecular weight is 290 g/mol. The van der Waals surface area contributed by atoms with Crippen molar-refractivity contribution in [1.29, 1.82) is 0 Å². The van der Waals surface area contributed by atoms with Crippen molar-refractivity contribution in [1.82, 2.24) is 4.98 Å². The van der Waals surface area contributed by atoms with Crippen LogP contribution in [-0.4, -0.2) is 18.1 Å². The Hall–Kier alpha value is -1.50. The molecule has 7 heteroatoms. The molecule has 1 unspecified atom stereocenters. The van der Waals surface area contributed by atoms with Crippen molar-refractivity contribution in [3.63, 3.8) is 0 Å². The topological polar surface area (TPSA) is 54.2 Å². The molecule has 1 heterocycles. The number of nitrogen functional groups attached to an aromatic ring is 1. The molecule has 0 radical (unpaired) electrons. The van der Waals surface area contributed by atoms with Gasteiger partial charge in [-0.3, -0.25) is 0 Å². The van der Waals surface area contributed by atoms with E-state index >= 15 is 0 Å². The monoisotopic (exact) mass is 290 g/mol. The summed E-state index contributed by atoms with van der Waals surface area (Å²) in [5.74, 6) is 5.89. The van der Waals surface area contributed by atoms with Gasteiger partial charge in [-0.25, -0.2) is 10.8 Å². The van der Waals surface area contributed by atoms with E-state index < -0.39 is 11.7 Å². The highest BCUT2D eigenvalue weighted by Gasteiger charge is 2.32. The van der Waals surface area contributed by atoms with Crippen LogP contribution in [0.1, 0.15) is 32.8 Å². The zero-order valence-electron chi connectivity index (χ0n) is 12.1. The molecule has 0 aromatic carbocycles. The molecule has 20 heavy (non-hydrogen) atoms. The lowest BCUT2D eigenvalue weighted by Crippen LogP contribution is -2.31. The van der Waals surface area contributed by atoms with Gasteiger partial charge in [-0.1, -0.05) is 13.8 Å². The summed E-state index contributed by atoms with van der Waals surface area (Å²) in [6.07, 6.45) is -3.56. The first-order chi connectivity index (χ1) is 9.15. The number of hydrogen-bond donors (Lipinski definition) is 2. The number of nitrogens with one attached hydrogen (secondary N) is 1. The normalized spacial score (nSPS) is 13.4. The maximum atomic E-state index is 12.8. The molecule has 0 amide bonds. The van der Waals surface area contributed by atoms with E-state index in [4.69, 9.17) is 5.84 Å². The van der Waals surface area contributed by atoms with E-state index in [1.54, 1.807) is 11.9 Å². The van der Waals surface area contributed by atoms with Crippen molar-refractivity contribution in [2.24, 2.45) is 11.8 Å². The van der Waals surface area contributed by atoms with Gasteiger partial charge < -0.3 is 10.3 Å². The first-order valence-electron chi connectivity index (χ1n) is 6.44. The van der Waals surface area contributed by atoms with Gasteiger partial charge in [-0.05, 0) is 31.4 Å². The van der Waals surface area contributed by atoms with Gasteiger partial charge in [0.25, 0.3) is 0 Å². The summed E-state index contributed by atoms with van der Waals surface area (Å²) >= 11 is 0. The number of halogens is 3. The molecule has 114 valence electrons. The van der Waals surface area contributed by atoms with Crippen LogP contribution in [0, 0.1) is 5.92 Å². The number of hydrogen-bond acceptors (Lipinski definition) is 4. The zero-order chi connectivity index (χ0) is 15.5. The predicted octanol–water partition coefficient (Wildman–Crippen LogP) is 3.26. The van der Waals surface area contributed by atoms with Gasteiger partial charge in [-0.2, -0.15) is 13.2 Å². The minimum atomic E-state index is -4.43. The second kappa shape index (κ2) is 6.30. The largest absolute Gasteiger partial charge is 0.416 e. The Balaban J connectivity index is 3.10. The number of nitrogens with zero attached hydrogens (tertiary/aromatic N) is 2. The van der Waals surface area contributed by atoms with Crippen molar-refractivity contribution < 1.29 is 13.2 Å². The zero-order valence-corrected chi connectivity index (χ0v) is 12.1. The van der Waals surface area contributed by atoms with Crippen molar-refractivity contribution in [2.45, 2.75) is 39.4 Å². The van der Waals surface area contributed by atoms with Crippen molar-refractivity contribution >= 4 is 11.6 Å². The predicted molar refractivity (Wildman–Crippen MR) is 74.4 cm³/mol. The quantitative estimate of drug-likeness (QED) is 0.645. The maximum absolute atomic E-state index is 12.8. The van der Waals surface area contributed by atoms with Gasteiger partial charge in [0.05, 0.1) is 5.56 Å². The van der Waals surface area contributed by atoms with Crippen LogP contribution in [0.2, 0.25) is 0 Å². The van der Waals surface area contributed by atoms with Crippen molar-refractivity contribution in [2.75, 3.05) is 17.4 Å². The standard InChI is InChI=1S/C13H21F3N4/c1-8(2)5-9(3)20(4)12-7-10(13(14,15)16)6-11(18-12)19-17/h6-9H,5,17H2,1-4H3,(H,18,19). The molecule has 0 bridgehead atoms. The molecule has 0 saturated carbocycles. The number of hydrazine groups is 1. The van der Waals surface area contributed by atoms with E-state index in [0.29, 0.717) is 5.92 Å². The Morgan fingerprint density at radius 3 is 2.35 bits per heavy atom. The summed E-state index contributed by atoms with van der Waals surface area (Å²) in [5, 5.41) is 0. The number of pyridine rings is 1. The van der Waals surface area contributed by atoms with Crippen LogP contribution in [0.5, 0.6) is 0 Å². The minimum absolute atomic E-state index is 0.00146. The minimum Gasteiger partial charge on any atom is -0.357 e. The molecule has 1 atom stereocenters. The molecule has 0 aliphatic heterocycles. The van der Waals surface area contributed by atoms with Crippen LogP contribution < -0.4 is 16.2 Å². The Labute approximate surface area is 117 Å². The Bertz CT molecular complexity index is 446. The Morgan fingerprint density at radius 1 is 1.30 bits per heavy atom. The summed E-state index contributed by atoms with van der Waals surface area (Å²) in [6, 6.07) is 2.01. The second-order valence-corrected chi connectivity index (χ2v) is 5.33. The Morgan fingerprint density at radius 2 is 1.90 bits per heavy atom. The third-order valence-electron chi connectivity index (χ3n) is 3.12. The molecule has 1 aromatic heterocycles. The fourth-order valence-electron chi connectivity index (χ4n) is 2.00. The highest BCUT2D eigenvalue weighted by Crippen LogP contribution is 2.33. The molecule has 3 N–H and O–H groups in total. The van der Waals surface area contributed by atoms with Gasteiger partial charge >= 0.3 is 6.18 Å².